The summed E-state index contributed by atoms with van der Waals surface area (Å²) in [7, 11) is 0. The van der Waals surface area contributed by atoms with Crippen molar-refractivity contribution in [3.05, 3.63) is 40.8 Å². The predicted molar refractivity (Wildman–Crippen MR) is 67.6 cm³/mol. The SMILES string of the molecule is N#CCOc1ccccc1NC(=O)c1cscn1. The van der Waals surface area contributed by atoms with E-state index >= 15 is 0 Å². The van der Waals surface area contributed by atoms with Crippen molar-refractivity contribution in [1.82, 2.24) is 4.98 Å². The molecule has 1 aromatic carbocycles. The van der Waals surface area contributed by atoms with Gasteiger partial charge in [0.15, 0.2) is 6.61 Å². The Bertz CT molecular complexity index is 575. The van der Waals surface area contributed by atoms with E-state index < -0.39 is 0 Å². The summed E-state index contributed by atoms with van der Waals surface area (Å²) >= 11 is 1.35. The Morgan fingerprint density at radius 2 is 2.33 bits per heavy atom. The minimum absolute atomic E-state index is 0.0659. The van der Waals surface area contributed by atoms with Gasteiger partial charge in [0.2, 0.25) is 0 Å². The molecule has 90 valence electrons. The number of carbonyl (C=O) groups excluding carboxylic acids is 1. The quantitative estimate of drug-likeness (QED) is 0.914. The fourth-order valence-electron chi connectivity index (χ4n) is 1.32. The maximum Gasteiger partial charge on any atom is 0.275 e. The lowest BCUT2D eigenvalue weighted by atomic mass is 10.3. The first kappa shape index (κ1) is 12.1. The number of nitrogens with zero attached hydrogens (tertiary/aromatic N) is 2. The minimum atomic E-state index is -0.302. The van der Waals surface area contributed by atoms with Crippen molar-refractivity contribution in [1.29, 1.82) is 5.26 Å². The average Bonchev–Trinajstić information content (AvgIpc) is 2.91. The number of amides is 1. The number of benzene rings is 1. The third kappa shape index (κ3) is 2.84. The zero-order chi connectivity index (χ0) is 12.8. The first-order chi connectivity index (χ1) is 8.81. The van der Waals surface area contributed by atoms with Crippen molar-refractivity contribution in [2.45, 2.75) is 0 Å². The number of ether oxygens (including phenoxy) is 1. The number of rotatable bonds is 4. The van der Waals surface area contributed by atoms with Crippen LogP contribution >= 0.6 is 11.3 Å². The average molecular weight is 259 g/mol. The molecule has 18 heavy (non-hydrogen) atoms. The fraction of sp³-hybridized carbons (Fsp3) is 0.0833. The van der Waals surface area contributed by atoms with Gasteiger partial charge < -0.3 is 10.1 Å². The van der Waals surface area contributed by atoms with E-state index in [1.165, 1.54) is 11.3 Å². The van der Waals surface area contributed by atoms with Gasteiger partial charge in [-0.05, 0) is 12.1 Å². The molecule has 6 heteroatoms. The zero-order valence-corrected chi connectivity index (χ0v) is 10.1. The van der Waals surface area contributed by atoms with E-state index in [1.807, 2.05) is 6.07 Å². The Labute approximate surface area is 108 Å². The van der Waals surface area contributed by atoms with Gasteiger partial charge in [-0.15, -0.1) is 11.3 Å². The summed E-state index contributed by atoms with van der Waals surface area (Å²) in [5, 5.41) is 12.8. The van der Waals surface area contributed by atoms with E-state index in [1.54, 1.807) is 35.2 Å². The molecule has 0 aliphatic rings. The summed E-state index contributed by atoms with van der Waals surface area (Å²) in [6.07, 6.45) is 0. The molecule has 0 saturated carbocycles. The smallest absolute Gasteiger partial charge is 0.275 e. The summed E-state index contributed by atoms with van der Waals surface area (Å²) in [5.74, 6) is 0.159. The molecule has 1 N–H and O–H groups in total. The molecule has 2 aromatic rings. The van der Waals surface area contributed by atoms with Gasteiger partial charge in [0, 0.05) is 5.38 Å². The molecule has 0 unspecified atom stereocenters. The highest BCUT2D eigenvalue weighted by molar-refractivity contribution is 7.07. The van der Waals surface area contributed by atoms with Gasteiger partial charge in [0.1, 0.15) is 17.5 Å². The summed E-state index contributed by atoms with van der Waals surface area (Å²) in [5.41, 5.74) is 2.47. The van der Waals surface area contributed by atoms with E-state index in [0.29, 0.717) is 17.1 Å². The van der Waals surface area contributed by atoms with Gasteiger partial charge in [0.25, 0.3) is 5.91 Å². The molecule has 0 saturated heterocycles. The molecular formula is C12H9N3O2S. The molecule has 0 radical (unpaired) electrons. The number of hydrogen-bond donors (Lipinski definition) is 1. The minimum Gasteiger partial charge on any atom is -0.477 e. The second kappa shape index (κ2) is 5.80. The molecule has 0 spiro atoms. The summed E-state index contributed by atoms with van der Waals surface area (Å²) in [6, 6.07) is 8.82. The Morgan fingerprint density at radius 3 is 3.06 bits per heavy atom. The van der Waals surface area contributed by atoms with Crippen molar-refractivity contribution < 1.29 is 9.53 Å². The molecule has 5 nitrogen and oxygen atoms in total. The maximum absolute atomic E-state index is 11.8. The molecule has 1 aromatic heterocycles. The standard InChI is InChI=1S/C12H9N3O2S/c13-5-6-17-11-4-2-1-3-9(11)15-12(16)10-7-18-8-14-10/h1-4,7-8H,6H2,(H,15,16). The van der Waals surface area contributed by atoms with E-state index in [-0.39, 0.29) is 12.5 Å². The van der Waals surface area contributed by atoms with Gasteiger partial charge in [0.05, 0.1) is 11.2 Å². The first-order valence-corrected chi connectivity index (χ1v) is 6.04. The number of anilines is 1. The van der Waals surface area contributed by atoms with Crippen LogP contribution in [0.2, 0.25) is 0 Å². The van der Waals surface area contributed by atoms with Crippen molar-refractivity contribution in [2.24, 2.45) is 0 Å². The maximum atomic E-state index is 11.8. The summed E-state index contributed by atoms with van der Waals surface area (Å²) in [4.78, 5) is 15.7. The van der Waals surface area contributed by atoms with Gasteiger partial charge in [-0.2, -0.15) is 5.26 Å². The van der Waals surface area contributed by atoms with Crippen molar-refractivity contribution in [2.75, 3.05) is 11.9 Å². The van der Waals surface area contributed by atoms with Crippen LogP contribution < -0.4 is 10.1 Å². The monoisotopic (exact) mass is 259 g/mol. The van der Waals surface area contributed by atoms with Crippen LogP contribution in [0, 0.1) is 11.3 Å². The molecule has 1 amide bonds. The highest BCUT2D eigenvalue weighted by Crippen LogP contribution is 2.24. The number of carbonyl (C=O) groups is 1. The lowest BCUT2D eigenvalue weighted by Gasteiger charge is -2.09. The molecule has 0 atom stereocenters. The fourth-order valence-corrected chi connectivity index (χ4v) is 1.85. The summed E-state index contributed by atoms with van der Waals surface area (Å²) in [6.45, 7) is -0.0659. The number of aromatic nitrogens is 1. The van der Waals surface area contributed by atoms with Crippen LogP contribution in [0.5, 0.6) is 5.75 Å². The lowest BCUT2D eigenvalue weighted by Crippen LogP contribution is -2.13. The van der Waals surface area contributed by atoms with E-state index in [4.69, 9.17) is 10.00 Å². The zero-order valence-electron chi connectivity index (χ0n) is 9.29. The first-order valence-electron chi connectivity index (χ1n) is 5.09. The van der Waals surface area contributed by atoms with Crippen LogP contribution in [0.1, 0.15) is 10.5 Å². The number of thiazole rings is 1. The van der Waals surface area contributed by atoms with Crippen LogP contribution in [0.4, 0.5) is 5.69 Å². The van der Waals surface area contributed by atoms with Crippen LogP contribution in [0.25, 0.3) is 0 Å². The van der Waals surface area contributed by atoms with Crippen LogP contribution in [-0.4, -0.2) is 17.5 Å². The molecule has 2 rings (SSSR count). The molecule has 0 bridgehead atoms. The molecule has 1 heterocycles. The van der Waals surface area contributed by atoms with E-state index in [9.17, 15) is 4.79 Å². The van der Waals surface area contributed by atoms with Crippen LogP contribution in [-0.2, 0) is 0 Å². The van der Waals surface area contributed by atoms with E-state index in [2.05, 4.69) is 10.3 Å². The van der Waals surface area contributed by atoms with Crippen LogP contribution in [0.15, 0.2) is 35.2 Å². The largest absolute Gasteiger partial charge is 0.477 e. The van der Waals surface area contributed by atoms with E-state index in [0.717, 1.165) is 0 Å². The topological polar surface area (TPSA) is 75.0 Å². The van der Waals surface area contributed by atoms with Gasteiger partial charge in [-0.1, -0.05) is 12.1 Å². The van der Waals surface area contributed by atoms with Gasteiger partial charge >= 0.3 is 0 Å². The number of hydrogen-bond acceptors (Lipinski definition) is 5. The normalized spacial score (nSPS) is 9.50. The second-order valence-corrected chi connectivity index (χ2v) is 3.99. The molecule has 0 aliphatic heterocycles. The third-order valence-corrected chi connectivity index (χ3v) is 2.68. The van der Waals surface area contributed by atoms with Crippen molar-refractivity contribution in [3.63, 3.8) is 0 Å². The van der Waals surface area contributed by atoms with Crippen LogP contribution in [0.3, 0.4) is 0 Å². The highest BCUT2D eigenvalue weighted by atomic mass is 32.1. The second-order valence-electron chi connectivity index (χ2n) is 3.27. The molecular weight excluding hydrogens is 250 g/mol. The Morgan fingerprint density at radius 1 is 1.50 bits per heavy atom. The predicted octanol–water partition coefficient (Wildman–Crippen LogP) is 2.30. The van der Waals surface area contributed by atoms with Gasteiger partial charge in [-0.3, -0.25) is 4.79 Å². The summed E-state index contributed by atoms with van der Waals surface area (Å²) < 4.78 is 5.21. The number of para-hydroxylation sites is 2. The molecule has 0 aliphatic carbocycles. The van der Waals surface area contributed by atoms with Crippen molar-refractivity contribution >= 4 is 22.9 Å². The Hall–Kier alpha value is -2.39. The number of nitrogens with one attached hydrogen (secondary N) is 1. The Balaban J connectivity index is 2.14. The van der Waals surface area contributed by atoms with Gasteiger partial charge in [-0.25, -0.2) is 4.98 Å². The highest BCUT2D eigenvalue weighted by Gasteiger charge is 2.10. The lowest BCUT2D eigenvalue weighted by molar-refractivity contribution is 0.102. The molecule has 0 fully saturated rings. The third-order valence-electron chi connectivity index (χ3n) is 2.09. The number of nitriles is 1. The Kier molecular flexibility index (Phi) is 3.89. The van der Waals surface area contributed by atoms with Crippen molar-refractivity contribution in [3.8, 4) is 11.8 Å².